The molecule has 1 heterocycles. The number of rotatable bonds is 5. The van der Waals surface area contributed by atoms with Crippen LogP contribution in [0.25, 0.3) is 0 Å². The summed E-state index contributed by atoms with van der Waals surface area (Å²) >= 11 is 0. The van der Waals surface area contributed by atoms with E-state index in [1.54, 1.807) is 0 Å². The zero-order valence-corrected chi connectivity index (χ0v) is 14.9. The summed E-state index contributed by atoms with van der Waals surface area (Å²) < 4.78 is 0. The molecule has 2 aliphatic rings. The first-order valence-electron chi connectivity index (χ1n) is 9.53. The minimum atomic E-state index is 0.630. The first-order valence-corrected chi connectivity index (χ1v) is 9.53. The number of nitrogens with zero attached hydrogens (tertiary/aromatic N) is 1. The fourth-order valence-electron chi connectivity index (χ4n) is 4.34. The molecule has 2 rings (SSSR count). The lowest BCUT2D eigenvalue weighted by molar-refractivity contribution is 0.110. The van der Waals surface area contributed by atoms with Crippen LogP contribution in [-0.4, -0.2) is 36.6 Å². The second-order valence-electron chi connectivity index (χ2n) is 8.23. The molecule has 1 aliphatic carbocycles. The third kappa shape index (κ3) is 5.56. The Bertz CT molecular complexity index is 287. The van der Waals surface area contributed by atoms with Crippen LogP contribution in [0.5, 0.6) is 0 Å². The predicted octanol–water partition coefficient (Wildman–Crippen LogP) is 4.30. The Labute approximate surface area is 133 Å². The van der Waals surface area contributed by atoms with Crippen molar-refractivity contribution in [3.05, 3.63) is 0 Å². The first-order chi connectivity index (χ1) is 10.1. The summed E-state index contributed by atoms with van der Waals surface area (Å²) in [5.74, 6) is 2.75. The highest BCUT2D eigenvalue weighted by Crippen LogP contribution is 2.32. The molecule has 0 aromatic heterocycles. The molecule has 2 nitrogen and oxygen atoms in total. The van der Waals surface area contributed by atoms with E-state index in [2.05, 4.69) is 37.9 Å². The van der Waals surface area contributed by atoms with E-state index in [1.807, 2.05) is 0 Å². The number of piperidine rings is 1. The number of hydrogen-bond donors (Lipinski definition) is 1. The molecule has 1 N–H and O–H groups in total. The topological polar surface area (TPSA) is 15.3 Å². The second-order valence-corrected chi connectivity index (χ2v) is 8.23. The summed E-state index contributed by atoms with van der Waals surface area (Å²) in [6, 6.07) is 1.51. The molecule has 1 saturated carbocycles. The van der Waals surface area contributed by atoms with Crippen molar-refractivity contribution in [3.8, 4) is 0 Å². The third-order valence-electron chi connectivity index (χ3n) is 5.81. The van der Waals surface area contributed by atoms with Crippen molar-refractivity contribution in [2.24, 2.45) is 17.8 Å². The van der Waals surface area contributed by atoms with Gasteiger partial charge in [0.05, 0.1) is 0 Å². The number of hydrogen-bond acceptors (Lipinski definition) is 2. The van der Waals surface area contributed by atoms with Gasteiger partial charge in [-0.25, -0.2) is 0 Å². The van der Waals surface area contributed by atoms with E-state index in [9.17, 15) is 0 Å². The van der Waals surface area contributed by atoms with Crippen LogP contribution < -0.4 is 5.32 Å². The summed E-state index contributed by atoms with van der Waals surface area (Å²) in [6.07, 6.45) is 10.1. The Morgan fingerprint density at radius 2 is 1.76 bits per heavy atom. The van der Waals surface area contributed by atoms with E-state index in [-0.39, 0.29) is 0 Å². The molecule has 0 spiro atoms. The lowest BCUT2D eigenvalue weighted by atomic mass is 9.88. The van der Waals surface area contributed by atoms with Crippen molar-refractivity contribution in [1.82, 2.24) is 10.2 Å². The fourth-order valence-corrected chi connectivity index (χ4v) is 4.34. The van der Waals surface area contributed by atoms with E-state index >= 15 is 0 Å². The van der Waals surface area contributed by atoms with Crippen molar-refractivity contribution in [2.45, 2.75) is 84.7 Å². The molecule has 2 heteroatoms. The van der Waals surface area contributed by atoms with Crippen LogP contribution in [0, 0.1) is 17.8 Å². The molecule has 3 unspecified atom stereocenters. The Balaban J connectivity index is 1.80. The second kappa shape index (κ2) is 8.53. The fraction of sp³-hybridized carbons (Fsp3) is 1.00. The van der Waals surface area contributed by atoms with Gasteiger partial charge in [0.1, 0.15) is 0 Å². The Morgan fingerprint density at radius 3 is 2.48 bits per heavy atom. The molecule has 0 bridgehead atoms. The van der Waals surface area contributed by atoms with Crippen molar-refractivity contribution in [2.75, 3.05) is 19.6 Å². The molecule has 0 aromatic carbocycles. The number of likely N-dealkylation sites (tertiary alicyclic amines) is 1. The van der Waals surface area contributed by atoms with E-state index in [1.165, 1.54) is 64.6 Å². The van der Waals surface area contributed by atoms with Crippen molar-refractivity contribution in [3.63, 3.8) is 0 Å². The molecule has 1 aliphatic heterocycles. The zero-order chi connectivity index (χ0) is 15.2. The van der Waals surface area contributed by atoms with Gasteiger partial charge in [0, 0.05) is 18.6 Å². The average molecular weight is 295 g/mol. The summed E-state index contributed by atoms with van der Waals surface area (Å²) in [4.78, 5) is 2.85. The van der Waals surface area contributed by atoms with Crippen LogP contribution in [0.4, 0.5) is 0 Å². The smallest absolute Gasteiger partial charge is 0.00954 e. The summed E-state index contributed by atoms with van der Waals surface area (Å²) in [6.45, 7) is 13.3. The molecule has 124 valence electrons. The highest BCUT2D eigenvalue weighted by atomic mass is 15.2. The van der Waals surface area contributed by atoms with Gasteiger partial charge in [-0.3, -0.25) is 0 Å². The molecule has 3 atom stereocenters. The van der Waals surface area contributed by atoms with Crippen LogP contribution >= 0.6 is 0 Å². The van der Waals surface area contributed by atoms with Crippen LogP contribution in [0.1, 0.15) is 72.6 Å². The Kier molecular flexibility index (Phi) is 7.01. The van der Waals surface area contributed by atoms with Crippen molar-refractivity contribution < 1.29 is 0 Å². The molecule has 21 heavy (non-hydrogen) atoms. The molecular weight excluding hydrogens is 256 g/mol. The lowest BCUT2D eigenvalue weighted by Crippen LogP contribution is -2.45. The minimum Gasteiger partial charge on any atom is -0.314 e. The standard InChI is InChI=1S/C19H38N2/c1-15(2)18-8-5-9-19(11-10-18)21-12-6-7-17(14-21)13-20-16(3)4/h15-20H,5-14H2,1-4H3. The molecule has 0 aromatic rings. The van der Waals surface area contributed by atoms with Gasteiger partial charge in [0.15, 0.2) is 0 Å². The van der Waals surface area contributed by atoms with Crippen molar-refractivity contribution >= 4 is 0 Å². The maximum Gasteiger partial charge on any atom is 0.00954 e. The zero-order valence-electron chi connectivity index (χ0n) is 14.9. The summed E-state index contributed by atoms with van der Waals surface area (Å²) in [7, 11) is 0. The molecule has 0 amide bonds. The SMILES string of the molecule is CC(C)NCC1CCCN(C2CCCC(C(C)C)CC2)C1. The van der Waals surface area contributed by atoms with Gasteiger partial charge in [0.25, 0.3) is 0 Å². The van der Waals surface area contributed by atoms with Crippen LogP contribution in [0.2, 0.25) is 0 Å². The van der Waals surface area contributed by atoms with E-state index in [4.69, 9.17) is 0 Å². The van der Waals surface area contributed by atoms with Crippen LogP contribution in [0.3, 0.4) is 0 Å². The summed E-state index contributed by atoms with van der Waals surface area (Å²) in [5.41, 5.74) is 0. The maximum atomic E-state index is 3.65. The molecular formula is C19H38N2. The van der Waals surface area contributed by atoms with E-state index in [0.717, 1.165) is 23.8 Å². The lowest BCUT2D eigenvalue weighted by Gasteiger charge is -2.38. The summed E-state index contributed by atoms with van der Waals surface area (Å²) in [5, 5.41) is 3.65. The van der Waals surface area contributed by atoms with E-state index in [0.29, 0.717) is 6.04 Å². The highest BCUT2D eigenvalue weighted by Gasteiger charge is 2.28. The first kappa shape index (κ1) is 17.3. The van der Waals surface area contributed by atoms with Gasteiger partial charge in [-0.1, -0.05) is 40.5 Å². The van der Waals surface area contributed by atoms with E-state index < -0.39 is 0 Å². The third-order valence-corrected chi connectivity index (χ3v) is 5.81. The highest BCUT2D eigenvalue weighted by molar-refractivity contribution is 4.83. The van der Waals surface area contributed by atoms with Gasteiger partial charge < -0.3 is 10.2 Å². The predicted molar refractivity (Wildman–Crippen MR) is 92.6 cm³/mol. The largest absolute Gasteiger partial charge is 0.314 e. The average Bonchev–Trinajstić information content (AvgIpc) is 2.71. The maximum absolute atomic E-state index is 3.65. The van der Waals surface area contributed by atoms with Gasteiger partial charge in [-0.05, 0) is 62.9 Å². The quantitative estimate of drug-likeness (QED) is 0.760. The van der Waals surface area contributed by atoms with Gasteiger partial charge in [-0.2, -0.15) is 0 Å². The molecule has 2 fully saturated rings. The van der Waals surface area contributed by atoms with Gasteiger partial charge in [-0.15, -0.1) is 0 Å². The Hall–Kier alpha value is -0.0800. The minimum absolute atomic E-state index is 0.630. The molecule has 1 saturated heterocycles. The Morgan fingerprint density at radius 1 is 0.952 bits per heavy atom. The van der Waals surface area contributed by atoms with Crippen LogP contribution in [-0.2, 0) is 0 Å². The van der Waals surface area contributed by atoms with Gasteiger partial charge >= 0.3 is 0 Å². The van der Waals surface area contributed by atoms with Gasteiger partial charge in [0.2, 0.25) is 0 Å². The number of nitrogens with one attached hydrogen (secondary N) is 1. The van der Waals surface area contributed by atoms with Crippen LogP contribution in [0.15, 0.2) is 0 Å². The van der Waals surface area contributed by atoms with Crippen molar-refractivity contribution in [1.29, 1.82) is 0 Å². The normalized spacial score (nSPS) is 32.6. The monoisotopic (exact) mass is 294 g/mol. The molecule has 0 radical (unpaired) electrons.